The van der Waals surface area contributed by atoms with Crippen LogP contribution in [0.3, 0.4) is 0 Å². The molecular formula is C25H26Cl2N4O3S. The summed E-state index contributed by atoms with van der Waals surface area (Å²) in [6.07, 6.45) is 6.36. The van der Waals surface area contributed by atoms with Crippen molar-refractivity contribution in [3.05, 3.63) is 63.7 Å². The Morgan fingerprint density at radius 1 is 1.14 bits per heavy atom. The number of pyridine rings is 1. The third-order valence-electron chi connectivity index (χ3n) is 5.66. The summed E-state index contributed by atoms with van der Waals surface area (Å²) < 4.78 is 6.37. The van der Waals surface area contributed by atoms with Gasteiger partial charge in [-0.3, -0.25) is 4.79 Å². The molecule has 4 aromatic rings. The lowest BCUT2D eigenvalue weighted by Crippen LogP contribution is -2.26. The van der Waals surface area contributed by atoms with Gasteiger partial charge in [0.25, 0.3) is 0 Å². The maximum Gasteiger partial charge on any atom is 0.319 e. The van der Waals surface area contributed by atoms with Crippen molar-refractivity contribution in [2.24, 2.45) is 0 Å². The van der Waals surface area contributed by atoms with Crippen molar-refractivity contribution < 1.29 is 14.4 Å². The van der Waals surface area contributed by atoms with Crippen LogP contribution in [0.2, 0.25) is 10.2 Å². The standard InChI is InChI=1S/C25H26Cl2N4O3S/c1-4-5-6-19-15(14-31(29-19)23-12-16(26)11-22(27)28-23)7-10-20-18-9-8-17(13-21(18)34-30-20)35-25(2,3)24(32)33/h8-9,11-14H,4-7,10H2,1-3H3,(H,32,33). The first-order valence-corrected chi connectivity index (χ1v) is 12.9. The molecular weight excluding hydrogens is 507 g/mol. The van der Waals surface area contributed by atoms with Crippen molar-refractivity contribution in [3.63, 3.8) is 0 Å². The molecule has 7 nitrogen and oxygen atoms in total. The number of aliphatic carboxylic acids is 1. The van der Waals surface area contributed by atoms with E-state index in [4.69, 9.17) is 32.8 Å². The molecule has 3 heterocycles. The summed E-state index contributed by atoms with van der Waals surface area (Å²) in [5.41, 5.74) is 3.63. The van der Waals surface area contributed by atoms with Crippen molar-refractivity contribution in [1.82, 2.24) is 19.9 Å². The minimum atomic E-state index is -0.937. The fraction of sp³-hybridized carbons (Fsp3) is 0.360. The average molecular weight is 533 g/mol. The van der Waals surface area contributed by atoms with Gasteiger partial charge in [0.05, 0.1) is 11.4 Å². The number of nitrogens with zero attached hydrogens (tertiary/aromatic N) is 4. The molecule has 10 heteroatoms. The third kappa shape index (κ3) is 6.00. The molecule has 3 aromatic heterocycles. The third-order valence-corrected chi connectivity index (χ3v) is 7.25. The van der Waals surface area contributed by atoms with Crippen LogP contribution in [0.25, 0.3) is 16.8 Å². The Labute approximate surface area is 217 Å². The molecule has 4 rings (SSSR count). The molecule has 0 saturated carbocycles. The minimum Gasteiger partial charge on any atom is -0.480 e. The lowest BCUT2D eigenvalue weighted by atomic mass is 10.0. The number of benzene rings is 1. The molecule has 0 radical (unpaired) electrons. The Balaban J connectivity index is 1.55. The number of aromatic nitrogens is 4. The van der Waals surface area contributed by atoms with Crippen molar-refractivity contribution in [2.75, 3.05) is 0 Å². The quantitative estimate of drug-likeness (QED) is 0.177. The van der Waals surface area contributed by atoms with Gasteiger partial charge in [-0.05, 0) is 69.4 Å². The molecule has 0 aliphatic carbocycles. The molecule has 0 saturated heterocycles. The first kappa shape index (κ1) is 25.5. The Hall–Kier alpha value is -2.55. The number of unbranched alkanes of at least 4 members (excludes halogenated alkanes) is 1. The van der Waals surface area contributed by atoms with E-state index in [-0.39, 0.29) is 0 Å². The van der Waals surface area contributed by atoms with Gasteiger partial charge in [0.2, 0.25) is 0 Å². The van der Waals surface area contributed by atoms with E-state index in [0.717, 1.165) is 52.9 Å². The first-order valence-electron chi connectivity index (χ1n) is 11.4. The fourth-order valence-electron chi connectivity index (χ4n) is 3.70. The molecule has 0 unspecified atom stereocenters. The van der Waals surface area contributed by atoms with Gasteiger partial charge < -0.3 is 9.63 Å². The van der Waals surface area contributed by atoms with Gasteiger partial charge >= 0.3 is 5.97 Å². The van der Waals surface area contributed by atoms with E-state index < -0.39 is 10.7 Å². The number of carboxylic acid groups (broad SMARTS) is 1. The number of hydrogen-bond donors (Lipinski definition) is 1. The Bertz CT molecular complexity index is 1350. The number of carboxylic acids is 1. The molecule has 0 amide bonds. The highest BCUT2D eigenvalue weighted by Gasteiger charge is 2.28. The predicted octanol–water partition coefficient (Wildman–Crippen LogP) is 6.80. The molecule has 0 atom stereocenters. The van der Waals surface area contributed by atoms with Gasteiger partial charge in [0, 0.05) is 27.6 Å². The summed E-state index contributed by atoms with van der Waals surface area (Å²) in [6.45, 7) is 5.51. The van der Waals surface area contributed by atoms with Crippen LogP contribution in [-0.4, -0.2) is 35.7 Å². The highest BCUT2D eigenvalue weighted by molar-refractivity contribution is 8.01. The van der Waals surface area contributed by atoms with Crippen LogP contribution in [0.5, 0.6) is 0 Å². The Morgan fingerprint density at radius 3 is 2.66 bits per heavy atom. The molecule has 0 aliphatic heterocycles. The van der Waals surface area contributed by atoms with E-state index in [1.165, 1.54) is 11.8 Å². The van der Waals surface area contributed by atoms with Gasteiger partial charge in [-0.1, -0.05) is 41.7 Å². The van der Waals surface area contributed by atoms with Crippen molar-refractivity contribution in [1.29, 1.82) is 0 Å². The van der Waals surface area contributed by atoms with Gasteiger partial charge in [-0.2, -0.15) is 5.10 Å². The maximum absolute atomic E-state index is 11.5. The fourth-order valence-corrected chi connectivity index (χ4v) is 5.14. The second-order valence-corrected chi connectivity index (χ2v) is 11.3. The van der Waals surface area contributed by atoms with Crippen molar-refractivity contribution in [3.8, 4) is 5.82 Å². The smallest absolute Gasteiger partial charge is 0.319 e. The monoisotopic (exact) mass is 532 g/mol. The second kappa shape index (κ2) is 10.6. The Kier molecular flexibility index (Phi) is 7.73. The zero-order valence-corrected chi connectivity index (χ0v) is 22.0. The number of aryl methyl sites for hydroxylation is 3. The van der Waals surface area contributed by atoms with Gasteiger partial charge in [-0.25, -0.2) is 9.67 Å². The van der Waals surface area contributed by atoms with E-state index in [0.29, 0.717) is 28.0 Å². The number of rotatable bonds is 10. The molecule has 1 N–H and O–H groups in total. The SMILES string of the molecule is CCCCc1nn(-c2cc(Cl)cc(Cl)n2)cc1CCc1noc2cc(SC(C)(C)C(=O)O)ccc12. The van der Waals surface area contributed by atoms with Crippen molar-refractivity contribution in [2.45, 2.75) is 62.5 Å². The van der Waals surface area contributed by atoms with E-state index in [9.17, 15) is 9.90 Å². The molecule has 0 spiro atoms. The predicted molar refractivity (Wildman–Crippen MR) is 139 cm³/mol. The summed E-state index contributed by atoms with van der Waals surface area (Å²) in [5, 5.41) is 20.2. The van der Waals surface area contributed by atoms with E-state index >= 15 is 0 Å². The number of carbonyl (C=O) groups is 1. The molecule has 35 heavy (non-hydrogen) atoms. The van der Waals surface area contributed by atoms with Gasteiger partial charge in [-0.15, -0.1) is 11.8 Å². The number of halogens is 2. The van der Waals surface area contributed by atoms with Crippen LogP contribution >= 0.6 is 35.0 Å². The van der Waals surface area contributed by atoms with Crippen LogP contribution in [0.4, 0.5) is 0 Å². The van der Waals surface area contributed by atoms with Crippen LogP contribution in [-0.2, 0) is 24.1 Å². The summed E-state index contributed by atoms with van der Waals surface area (Å²) in [6, 6.07) is 9.04. The van der Waals surface area contributed by atoms with Crippen molar-refractivity contribution >= 4 is 51.9 Å². The highest BCUT2D eigenvalue weighted by atomic mass is 35.5. The molecule has 0 fully saturated rings. The normalized spacial score (nSPS) is 11.9. The second-order valence-electron chi connectivity index (χ2n) is 8.82. The lowest BCUT2D eigenvalue weighted by Gasteiger charge is -2.18. The van der Waals surface area contributed by atoms with Crippen LogP contribution in [0, 0.1) is 0 Å². The number of hydrogen-bond acceptors (Lipinski definition) is 6. The van der Waals surface area contributed by atoms with E-state index in [1.54, 1.807) is 30.7 Å². The largest absolute Gasteiger partial charge is 0.480 e. The molecule has 0 bridgehead atoms. The molecule has 0 aliphatic rings. The van der Waals surface area contributed by atoms with Gasteiger partial charge in [0.1, 0.15) is 9.90 Å². The summed E-state index contributed by atoms with van der Waals surface area (Å²) in [4.78, 5) is 16.6. The van der Waals surface area contributed by atoms with Crippen LogP contribution in [0.15, 0.2) is 45.9 Å². The topological polar surface area (TPSA) is 94.0 Å². The zero-order chi connectivity index (χ0) is 25.2. The van der Waals surface area contributed by atoms with Crippen LogP contribution < -0.4 is 0 Å². The first-order chi connectivity index (χ1) is 16.7. The summed E-state index contributed by atoms with van der Waals surface area (Å²) >= 11 is 13.5. The zero-order valence-electron chi connectivity index (χ0n) is 19.7. The minimum absolute atomic E-state index is 0.318. The number of fused-ring (bicyclic) bond motifs is 1. The maximum atomic E-state index is 11.5. The lowest BCUT2D eigenvalue weighted by molar-refractivity contribution is -0.138. The van der Waals surface area contributed by atoms with Crippen LogP contribution in [0.1, 0.15) is 50.6 Å². The molecule has 184 valence electrons. The summed E-state index contributed by atoms with van der Waals surface area (Å²) in [5.74, 6) is -0.289. The summed E-state index contributed by atoms with van der Waals surface area (Å²) in [7, 11) is 0. The number of thioether (sulfide) groups is 1. The van der Waals surface area contributed by atoms with Gasteiger partial charge in [0.15, 0.2) is 11.4 Å². The average Bonchev–Trinajstić information content (AvgIpc) is 3.38. The highest BCUT2D eigenvalue weighted by Crippen LogP contribution is 2.35. The molecule has 1 aromatic carbocycles. The Morgan fingerprint density at radius 2 is 1.94 bits per heavy atom. The van der Waals surface area contributed by atoms with E-state index in [2.05, 4.69) is 17.1 Å². The van der Waals surface area contributed by atoms with E-state index in [1.807, 2.05) is 24.4 Å².